The Morgan fingerprint density at radius 3 is 2.38 bits per heavy atom. The first-order valence-electron chi connectivity index (χ1n) is 5.27. The standard InChI is InChI=1S/C10H19NO2/c11-8-1-3-9(4-2-8)13-7-10(12)5-6-10/h8-9,12H,1-7,11H2/t8-,9-. The molecule has 0 aromatic rings. The minimum Gasteiger partial charge on any atom is -0.387 e. The highest BCUT2D eigenvalue weighted by Crippen LogP contribution is 2.36. The molecule has 2 aliphatic rings. The van der Waals surface area contributed by atoms with E-state index in [9.17, 15) is 5.11 Å². The molecule has 0 atom stereocenters. The molecule has 0 amide bonds. The van der Waals surface area contributed by atoms with Crippen LogP contribution in [0, 0.1) is 0 Å². The van der Waals surface area contributed by atoms with Crippen molar-refractivity contribution in [3.8, 4) is 0 Å². The zero-order valence-electron chi connectivity index (χ0n) is 8.04. The van der Waals surface area contributed by atoms with Crippen LogP contribution in [-0.2, 0) is 4.74 Å². The molecule has 3 N–H and O–H groups in total. The summed E-state index contributed by atoms with van der Waals surface area (Å²) in [6.07, 6.45) is 6.46. The smallest absolute Gasteiger partial charge is 0.0882 e. The Morgan fingerprint density at radius 2 is 1.85 bits per heavy atom. The molecule has 0 aliphatic heterocycles. The van der Waals surface area contributed by atoms with Crippen LogP contribution in [-0.4, -0.2) is 29.5 Å². The molecule has 3 heteroatoms. The minimum absolute atomic E-state index is 0.351. The topological polar surface area (TPSA) is 55.5 Å². The summed E-state index contributed by atoms with van der Waals surface area (Å²) in [5.41, 5.74) is 5.33. The van der Waals surface area contributed by atoms with Gasteiger partial charge >= 0.3 is 0 Å². The molecule has 0 heterocycles. The van der Waals surface area contributed by atoms with E-state index in [4.69, 9.17) is 10.5 Å². The van der Waals surface area contributed by atoms with E-state index in [1.807, 2.05) is 0 Å². The van der Waals surface area contributed by atoms with Crippen LogP contribution in [0.5, 0.6) is 0 Å². The van der Waals surface area contributed by atoms with E-state index in [2.05, 4.69) is 0 Å². The Kier molecular flexibility index (Phi) is 2.58. The molecule has 2 aliphatic carbocycles. The Labute approximate surface area is 79.3 Å². The van der Waals surface area contributed by atoms with E-state index in [0.717, 1.165) is 38.5 Å². The van der Waals surface area contributed by atoms with Crippen molar-refractivity contribution in [3.05, 3.63) is 0 Å². The summed E-state index contributed by atoms with van der Waals surface area (Å²) in [6.45, 7) is 0.535. The average molecular weight is 185 g/mol. The largest absolute Gasteiger partial charge is 0.387 e. The summed E-state index contributed by atoms with van der Waals surface area (Å²) < 4.78 is 5.65. The van der Waals surface area contributed by atoms with Gasteiger partial charge in [0.1, 0.15) is 0 Å². The highest BCUT2D eigenvalue weighted by atomic mass is 16.5. The van der Waals surface area contributed by atoms with Crippen molar-refractivity contribution in [2.24, 2.45) is 5.73 Å². The van der Waals surface area contributed by atoms with Gasteiger partial charge in [-0.15, -0.1) is 0 Å². The third-order valence-electron chi connectivity index (χ3n) is 3.13. The molecule has 0 unspecified atom stereocenters. The van der Waals surface area contributed by atoms with Crippen molar-refractivity contribution in [2.45, 2.75) is 56.3 Å². The third kappa shape index (κ3) is 2.66. The molecule has 0 radical (unpaired) electrons. The molecule has 2 saturated carbocycles. The van der Waals surface area contributed by atoms with Gasteiger partial charge in [0.05, 0.1) is 18.3 Å². The minimum atomic E-state index is -0.459. The monoisotopic (exact) mass is 185 g/mol. The molecule has 76 valence electrons. The van der Waals surface area contributed by atoms with Crippen LogP contribution in [0.4, 0.5) is 0 Å². The molecule has 13 heavy (non-hydrogen) atoms. The van der Waals surface area contributed by atoms with E-state index in [0.29, 0.717) is 18.8 Å². The van der Waals surface area contributed by atoms with Gasteiger partial charge in [0.2, 0.25) is 0 Å². The maximum absolute atomic E-state index is 9.56. The van der Waals surface area contributed by atoms with Gasteiger partial charge in [-0.05, 0) is 38.5 Å². The van der Waals surface area contributed by atoms with Gasteiger partial charge in [0, 0.05) is 6.04 Å². The van der Waals surface area contributed by atoms with E-state index in [1.54, 1.807) is 0 Å². The molecule has 0 aromatic carbocycles. The Hall–Kier alpha value is -0.120. The first-order valence-corrected chi connectivity index (χ1v) is 5.27. The van der Waals surface area contributed by atoms with Crippen LogP contribution in [0.3, 0.4) is 0 Å². The second kappa shape index (κ2) is 3.56. The fraction of sp³-hybridized carbons (Fsp3) is 1.00. The van der Waals surface area contributed by atoms with E-state index in [1.165, 1.54) is 0 Å². The number of ether oxygens (including phenoxy) is 1. The summed E-state index contributed by atoms with van der Waals surface area (Å²) in [4.78, 5) is 0. The second-order valence-electron chi connectivity index (χ2n) is 4.57. The SMILES string of the molecule is N[C@H]1CC[C@H](OCC2(O)CC2)CC1. The molecular formula is C10H19NO2. The maximum Gasteiger partial charge on any atom is 0.0882 e. The molecule has 3 nitrogen and oxygen atoms in total. The highest BCUT2D eigenvalue weighted by Gasteiger charge is 2.41. The zero-order chi connectivity index (χ0) is 9.31. The van der Waals surface area contributed by atoms with Crippen molar-refractivity contribution in [1.29, 1.82) is 0 Å². The number of hydrogen-bond donors (Lipinski definition) is 2. The van der Waals surface area contributed by atoms with Crippen LogP contribution in [0.25, 0.3) is 0 Å². The normalized spacial score (nSPS) is 37.4. The summed E-state index contributed by atoms with van der Waals surface area (Å²) >= 11 is 0. The van der Waals surface area contributed by atoms with Crippen LogP contribution in [0.1, 0.15) is 38.5 Å². The number of hydrogen-bond acceptors (Lipinski definition) is 3. The van der Waals surface area contributed by atoms with Crippen molar-refractivity contribution in [1.82, 2.24) is 0 Å². The number of aliphatic hydroxyl groups is 1. The van der Waals surface area contributed by atoms with Gasteiger partial charge in [0.15, 0.2) is 0 Å². The fourth-order valence-corrected chi connectivity index (χ4v) is 1.82. The molecule has 0 spiro atoms. The highest BCUT2D eigenvalue weighted by molar-refractivity contribution is 4.93. The molecule has 0 bridgehead atoms. The molecule has 0 saturated heterocycles. The van der Waals surface area contributed by atoms with Gasteiger partial charge in [0.25, 0.3) is 0 Å². The van der Waals surface area contributed by atoms with E-state index in [-0.39, 0.29) is 0 Å². The lowest BCUT2D eigenvalue weighted by Gasteiger charge is -2.26. The predicted molar refractivity (Wildman–Crippen MR) is 50.4 cm³/mol. The van der Waals surface area contributed by atoms with Gasteiger partial charge in [-0.1, -0.05) is 0 Å². The summed E-state index contributed by atoms with van der Waals surface area (Å²) in [6, 6.07) is 0.379. The van der Waals surface area contributed by atoms with E-state index < -0.39 is 5.60 Å². The summed E-state index contributed by atoms with van der Waals surface area (Å²) in [5, 5.41) is 9.56. The lowest BCUT2D eigenvalue weighted by atomic mass is 9.94. The first-order chi connectivity index (χ1) is 6.18. The number of rotatable bonds is 3. The van der Waals surface area contributed by atoms with Crippen LogP contribution >= 0.6 is 0 Å². The molecule has 0 aromatic heterocycles. The Bertz CT molecular complexity index is 172. The van der Waals surface area contributed by atoms with Crippen molar-refractivity contribution in [2.75, 3.05) is 6.61 Å². The lowest BCUT2D eigenvalue weighted by Crippen LogP contribution is -2.32. The lowest BCUT2D eigenvalue weighted by molar-refractivity contribution is -0.0359. The average Bonchev–Trinajstić information content (AvgIpc) is 2.84. The Balaban J connectivity index is 1.65. The molecule has 2 fully saturated rings. The van der Waals surface area contributed by atoms with Gasteiger partial charge in [-0.2, -0.15) is 0 Å². The van der Waals surface area contributed by atoms with Crippen LogP contribution in [0.15, 0.2) is 0 Å². The van der Waals surface area contributed by atoms with Gasteiger partial charge < -0.3 is 15.6 Å². The van der Waals surface area contributed by atoms with Crippen LogP contribution in [0.2, 0.25) is 0 Å². The fourth-order valence-electron chi connectivity index (χ4n) is 1.82. The van der Waals surface area contributed by atoms with Crippen LogP contribution < -0.4 is 5.73 Å². The van der Waals surface area contributed by atoms with Gasteiger partial charge in [-0.3, -0.25) is 0 Å². The van der Waals surface area contributed by atoms with Crippen molar-refractivity contribution in [3.63, 3.8) is 0 Å². The Morgan fingerprint density at radius 1 is 1.23 bits per heavy atom. The van der Waals surface area contributed by atoms with Gasteiger partial charge in [-0.25, -0.2) is 0 Å². The summed E-state index contributed by atoms with van der Waals surface area (Å²) in [5.74, 6) is 0. The quantitative estimate of drug-likeness (QED) is 0.683. The predicted octanol–water partition coefficient (Wildman–Crippen LogP) is 0.798. The third-order valence-corrected chi connectivity index (χ3v) is 3.13. The molecular weight excluding hydrogens is 166 g/mol. The zero-order valence-corrected chi connectivity index (χ0v) is 8.04. The first kappa shape index (κ1) is 9.44. The second-order valence-corrected chi connectivity index (χ2v) is 4.57. The maximum atomic E-state index is 9.56. The molecule has 2 rings (SSSR count). The van der Waals surface area contributed by atoms with Crippen molar-refractivity contribution >= 4 is 0 Å². The number of nitrogens with two attached hydrogens (primary N) is 1. The summed E-state index contributed by atoms with van der Waals surface area (Å²) in [7, 11) is 0. The van der Waals surface area contributed by atoms with E-state index >= 15 is 0 Å². The van der Waals surface area contributed by atoms with Crippen molar-refractivity contribution < 1.29 is 9.84 Å².